The molecule has 9 heteroatoms. The van der Waals surface area contributed by atoms with E-state index in [0.29, 0.717) is 46.3 Å². The molecule has 1 unspecified atom stereocenters. The lowest BCUT2D eigenvalue weighted by Crippen LogP contribution is -2.29. The number of urea groups is 1. The Kier molecular flexibility index (Phi) is 4.55. The van der Waals surface area contributed by atoms with Crippen LogP contribution in [0.25, 0.3) is 22.2 Å². The van der Waals surface area contributed by atoms with Crippen molar-refractivity contribution in [2.75, 3.05) is 24.2 Å². The number of likely N-dealkylation sites (N-methyl/N-ethyl adjacent to an activating group) is 1. The van der Waals surface area contributed by atoms with Gasteiger partial charge in [0.15, 0.2) is 0 Å². The van der Waals surface area contributed by atoms with Crippen molar-refractivity contribution in [1.29, 1.82) is 0 Å². The van der Waals surface area contributed by atoms with E-state index >= 15 is 4.39 Å². The second-order valence-electron chi connectivity index (χ2n) is 8.87. The lowest BCUT2D eigenvalue weighted by Gasteiger charge is -2.17. The molecule has 1 aliphatic heterocycles. The predicted octanol–water partition coefficient (Wildman–Crippen LogP) is 4.91. The molecule has 4 aromatic rings. The van der Waals surface area contributed by atoms with E-state index in [1.54, 1.807) is 36.2 Å². The van der Waals surface area contributed by atoms with Gasteiger partial charge in [-0.1, -0.05) is 12.1 Å². The molecular formula is C25H22F2N6O. The van der Waals surface area contributed by atoms with Gasteiger partial charge in [-0.05, 0) is 48.7 Å². The third-order valence-corrected chi connectivity index (χ3v) is 6.74. The highest BCUT2D eigenvalue weighted by molar-refractivity contribution is 6.01. The molecule has 1 aliphatic carbocycles. The van der Waals surface area contributed by atoms with Crippen LogP contribution in [0.15, 0.2) is 55.0 Å². The Labute approximate surface area is 194 Å². The molecular weight excluding hydrogens is 438 g/mol. The van der Waals surface area contributed by atoms with Crippen molar-refractivity contribution < 1.29 is 13.6 Å². The normalized spacial score (nSPS) is 18.3. The minimum Gasteiger partial charge on any atom is -0.383 e. The van der Waals surface area contributed by atoms with E-state index < -0.39 is 5.82 Å². The van der Waals surface area contributed by atoms with E-state index in [4.69, 9.17) is 5.73 Å². The van der Waals surface area contributed by atoms with E-state index in [1.165, 1.54) is 29.4 Å². The molecule has 3 heterocycles. The molecule has 2 amide bonds. The lowest BCUT2D eigenvalue weighted by molar-refractivity contribution is 0.219. The lowest BCUT2D eigenvalue weighted by atomic mass is 10.0. The summed E-state index contributed by atoms with van der Waals surface area (Å²) in [6.07, 6.45) is 5.42. The molecule has 2 aromatic carbocycles. The van der Waals surface area contributed by atoms with Crippen LogP contribution in [0.5, 0.6) is 0 Å². The number of hydrogen-bond donors (Lipinski definition) is 1. The van der Waals surface area contributed by atoms with Gasteiger partial charge in [0.2, 0.25) is 0 Å². The van der Waals surface area contributed by atoms with Gasteiger partial charge in [-0.2, -0.15) is 0 Å². The van der Waals surface area contributed by atoms with Crippen LogP contribution in [0.1, 0.15) is 30.5 Å². The molecule has 6 rings (SSSR count). The number of aromatic nitrogens is 3. The minimum atomic E-state index is -0.462. The number of fused-ring (bicyclic) bond motifs is 1. The highest BCUT2D eigenvalue weighted by Crippen LogP contribution is 2.43. The zero-order chi connectivity index (χ0) is 23.6. The summed E-state index contributed by atoms with van der Waals surface area (Å²) in [7, 11) is 1.69. The molecule has 0 spiro atoms. The number of carbonyl (C=O) groups is 1. The Balaban J connectivity index is 1.36. The van der Waals surface area contributed by atoms with Crippen LogP contribution >= 0.6 is 0 Å². The maximum absolute atomic E-state index is 15.5. The highest BCUT2D eigenvalue weighted by Gasteiger charge is 2.37. The second-order valence-corrected chi connectivity index (χ2v) is 8.87. The number of nitrogen functional groups attached to an aromatic ring is 1. The number of halogens is 2. The van der Waals surface area contributed by atoms with Gasteiger partial charge in [-0.25, -0.2) is 23.5 Å². The third-order valence-electron chi connectivity index (χ3n) is 6.74. The SMILES string of the molecule is CN1C(=O)N(c2ccc(-c3cn(C4CC4)c4ncnc(N)c34)c(F)c2)CC1c1ccc(F)cc1. The summed E-state index contributed by atoms with van der Waals surface area (Å²) < 4.78 is 30.9. The van der Waals surface area contributed by atoms with Crippen molar-refractivity contribution >= 4 is 28.6 Å². The maximum Gasteiger partial charge on any atom is 0.324 e. The largest absolute Gasteiger partial charge is 0.383 e. The fraction of sp³-hybridized carbons (Fsp3) is 0.240. The van der Waals surface area contributed by atoms with E-state index in [1.807, 2.05) is 10.8 Å². The predicted molar refractivity (Wildman–Crippen MR) is 125 cm³/mol. The third kappa shape index (κ3) is 3.19. The summed E-state index contributed by atoms with van der Waals surface area (Å²) in [5.41, 5.74) is 9.15. The second kappa shape index (κ2) is 7.51. The van der Waals surface area contributed by atoms with Gasteiger partial charge in [-0.3, -0.25) is 4.90 Å². The van der Waals surface area contributed by atoms with Crippen molar-refractivity contribution in [3.05, 3.63) is 72.2 Å². The molecule has 1 saturated heterocycles. The number of benzene rings is 2. The number of amides is 2. The van der Waals surface area contributed by atoms with Crippen LogP contribution in [0.3, 0.4) is 0 Å². The van der Waals surface area contributed by atoms with Crippen LogP contribution in [0, 0.1) is 11.6 Å². The van der Waals surface area contributed by atoms with E-state index in [9.17, 15) is 9.18 Å². The van der Waals surface area contributed by atoms with Crippen LogP contribution < -0.4 is 10.6 Å². The number of anilines is 2. The zero-order valence-corrected chi connectivity index (χ0v) is 18.4. The van der Waals surface area contributed by atoms with E-state index in [2.05, 4.69) is 9.97 Å². The topological polar surface area (TPSA) is 80.3 Å². The van der Waals surface area contributed by atoms with Crippen LogP contribution in [-0.2, 0) is 0 Å². The van der Waals surface area contributed by atoms with Crippen LogP contribution in [0.2, 0.25) is 0 Å². The smallest absolute Gasteiger partial charge is 0.324 e. The summed E-state index contributed by atoms with van der Waals surface area (Å²) in [4.78, 5) is 24.6. The minimum absolute atomic E-state index is 0.246. The van der Waals surface area contributed by atoms with Crippen molar-refractivity contribution in [1.82, 2.24) is 19.4 Å². The summed E-state index contributed by atoms with van der Waals surface area (Å²) in [6, 6.07) is 10.7. The molecule has 172 valence electrons. The van der Waals surface area contributed by atoms with Gasteiger partial charge >= 0.3 is 6.03 Å². The fourth-order valence-corrected chi connectivity index (χ4v) is 4.76. The first-order valence-electron chi connectivity index (χ1n) is 11.1. The van der Waals surface area contributed by atoms with Crippen LogP contribution in [-0.4, -0.2) is 39.1 Å². The Morgan fingerprint density at radius 2 is 1.79 bits per heavy atom. The number of rotatable bonds is 4. The number of nitrogens with zero attached hydrogens (tertiary/aromatic N) is 5. The number of nitrogens with two attached hydrogens (primary N) is 1. The number of carbonyl (C=O) groups excluding carboxylic acids is 1. The highest BCUT2D eigenvalue weighted by atomic mass is 19.1. The summed E-state index contributed by atoms with van der Waals surface area (Å²) >= 11 is 0. The van der Waals surface area contributed by atoms with Gasteiger partial charge in [0, 0.05) is 36.1 Å². The summed E-state index contributed by atoms with van der Waals surface area (Å²) in [5.74, 6) is -0.489. The average molecular weight is 460 g/mol. The molecule has 1 saturated carbocycles. The molecule has 7 nitrogen and oxygen atoms in total. The molecule has 0 bridgehead atoms. The van der Waals surface area contributed by atoms with Gasteiger partial charge in [0.1, 0.15) is 29.4 Å². The molecule has 1 atom stereocenters. The van der Waals surface area contributed by atoms with Crippen LogP contribution in [0.4, 0.5) is 25.1 Å². The first-order valence-corrected chi connectivity index (χ1v) is 11.1. The monoisotopic (exact) mass is 460 g/mol. The molecule has 34 heavy (non-hydrogen) atoms. The van der Waals surface area contributed by atoms with Gasteiger partial charge in [0.25, 0.3) is 0 Å². The standard InChI is InChI=1S/C25H22F2N6O/c1-31-21(14-2-4-15(26)5-3-14)12-33(25(31)34)17-8-9-18(20(27)10-17)19-11-32(16-6-7-16)24-22(19)23(28)29-13-30-24/h2-5,8-11,13,16,21H,6-7,12H2,1H3,(H2,28,29,30). The van der Waals surface area contributed by atoms with Gasteiger partial charge < -0.3 is 15.2 Å². The molecule has 0 radical (unpaired) electrons. The van der Waals surface area contributed by atoms with Gasteiger partial charge in [-0.15, -0.1) is 0 Å². The first kappa shape index (κ1) is 20.6. The Morgan fingerprint density at radius 1 is 1.03 bits per heavy atom. The Bertz CT molecular complexity index is 1430. The molecule has 2 aromatic heterocycles. The summed E-state index contributed by atoms with van der Waals surface area (Å²) in [6.45, 7) is 0.335. The quantitative estimate of drug-likeness (QED) is 0.469. The van der Waals surface area contributed by atoms with Crippen molar-refractivity contribution in [2.45, 2.75) is 24.9 Å². The first-order chi connectivity index (χ1) is 16.4. The Hall–Kier alpha value is -4.01. The maximum atomic E-state index is 15.5. The molecule has 2 aliphatic rings. The molecule has 2 fully saturated rings. The fourth-order valence-electron chi connectivity index (χ4n) is 4.76. The molecule has 2 N–H and O–H groups in total. The van der Waals surface area contributed by atoms with Gasteiger partial charge in [0.05, 0.1) is 18.0 Å². The average Bonchev–Trinajstić information content (AvgIpc) is 3.53. The Morgan fingerprint density at radius 3 is 2.50 bits per heavy atom. The van der Waals surface area contributed by atoms with Crippen molar-refractivity contribution in [3.63, 3.8) is 0 Å². The summed E-state index contributed by atoms with van der Waals surface area (Å²) in [5, 5.41) is 0.634. The van der Waals surface area contributed by atoms with Crippen molar-refractivity contribution in [2.24, 2.45) is 0 Å². The van der Waals surface area contributed by atoms with E-state index in [0.717, 1.165) is 18.4 Å². The zero-order valence-electron chi connectivity index (χ0n) is 18.4. The van der Waals surface area contributed by atoms with Crippen molar-refractivity contribution in [3.8, 4) is 11.1 Å². The number of hydrogen-bond acceptors (Lipinski definition) is 4. The van der Waals surface area contributed by atoms with E-state index in [-0.39, 0.29) is 17.9 Å².